The van der Waals surface area contributed by atoms with Crippen molar-refractivity contribution >= 4 is 12.1 Å². The number of benzene rings is 1. The molecule has 0 saturated carbocycles. The van der Waals surface area contributed by atoms with Gasteiger partial charge >= 0.3 is 0 Å². The van der Waals surface area contributed by atoms with E-state index in [0.717, 1.165) is 22.4 Å². The number of hydrazone groups is 1. The Hall–Kier alpha value is -2.35. The van der Waals surface area contributed by atoms with Gasteiger partial charge in [0, 0.05) is 0 Å². The average Bonchev–Trinajstić information content (AvgIpc) is 2.40. The number of aryl methyl sites for hydroxylation is 1. The molecule has 5 nitrogen and oxygen atoms in total. The van der Waals surface area contributed by atoms with Gasteiger partial charge in [0.1, 0.15) is 12.2 Å². The molecule has 20 heavy (non-hydrogen) atoms. The minimum atomic E-state index is -0.418. The third-order valence-electron chi connectivity index (χ3n) is 2.87. The van der Waals surface area contributed by atoms with E-state index in [0.29, 0.717) is 5.92 Å². The van der Waals surface area contributed by atoms with Crippen LogP contribution in [0.5, 0.6) is 5.75 Å². The van der Waals surface area contributed by atoms with Crippen molar-refractivity contribution in [3.05, 3.63) is 28.8 Å². The third kappa shape index (κ3) is 4.09. The summed E-state index contributed by atoms with van der Waals surface area (Å²) in [6, 6.07) is 5.72. The second-order valence-electron chi connectivity index (χ2n) is 4.73. The normalized spacial score (nSPS) is 10.6. The maximum absolute atomic E-state index is 11.1. The Balaban J connectivity index is 2.96. The lowest BCUT2D eigenvalue weighted by Crippen LogP contribution is -2.16. The van der Waals surface area contributed by atoms with E-state index in [4.69, 9.17) is 10.00 Å². The monoisotopic (exact) mass is 273 g/mol. The largest absolute Gasteiger partial charge is 0.496 e. The molecule has 0 bridgehead atoms. The predicted molar refractivity (Wildman–Crippen MR) is 77.8 cm³/mol. The first-order valence-electron chi connectivity index (χ1n) is 6.37. The van der Waals surface area contributed by atoms with Crippen LogP contribution in [0.4, 0.5) is 0 Å². The Kier molecular flexibility index (Phi) is 5.73. The molecule has 0 saturated heterocycles. The van der Waals surface area contributed by atoms with E-state index in [-0.39, 0.29) is 6.42 Å². The molecule has 1 aromatic carbocycles. The maximum atomic E-state index is 11.1. The molecule has 1 aromatic rings. The molecule has 0 aliphatic carbocycles. The Labute approximate surface area is 119 Å². The van der Waals surface area contributed by atoms with Crippen LogP contribution in [0.2, 0.25) is 0 Å². The third-order valence-corrected chi connectivity index (χ3v) is 2.87. The molecule has 106 valence electrons. The molecule has 0 heterocycles. The lowest BCUT2D eigenvalue weighted by atomic mass is 9.97. The van der Waals surface area contributed by atoms with Crippen LogP contribution in [0.15, 0.2) is 17.2 Å². The molecule has 0 spiro atoms. The van der Waals surface area contributed by atoms with Gasteiger partial charge in [0.25, 0.3) is 5.91 Å². The molecule has 0 fully saturated rings. The van der Waals surface area contributed by atoms with Crippen molar-refractivity contribution in [2.24, 2.45) is 5.10 Å². The van der Waals surface area contributed by atoms with Crippen molar-refractivity contribution in [3.8, 4) is 11.8 Å². The van der Waals surface area contributed by atoms with E-state index in [9.17, 15) is 4.79 Å². The van der Waals surface area contributed by atoms with E-state index < -0.39 is 5.91 Å². The minimum Gasteiger partial charge on any atom is -0.496 e. The fraction of sp³-hybridized carbons (Fsp3) is 0.400. The van der Waals surface area contributed by atoms with Gasteiger partial charge in [-0.2, -0.15) is 10.4 Å². The predicted octanol–water partition coefficient (Wildman–Crippen LogP) is 2.49. The number of amides is 1. The van der Waals surface area contributed by atoms with Crippen molar-refractivity contribution in [2.75, 3.05) is 7.11 Å². The molecule has 1 N–H and O–H groups in total. The van der Waals surface area contributed by atoms with Crippen LogP contribution < -0.4 is 10.2 Å². The molecular formula is C15H19N3O2. The number of carbonyl (C=O) groups excluding carboxylic acids is 1. The van der Waals surface area contributed by atoms with Gasteiger partial charge in [0.15, 0.2) is 0 Å². The first-order chi connectivity index (χ1) is 9.49. The number of rotatable bonds is 5. The van der Waals surface area contributed by atoms with Crippen LogP contribution in [0.1, 0.15) is 42.9 Å². The topological polar surface area (TPSA) is 74.5 Å². The summed E-state index contributed by atoms with van der Waals surface area (Å²) in [5, 5.41) is 12.2. The molecule has 0 aliphatic rings. The highest BCUT2D eigenvalue weighted by atomic mass is 16.5. The van der Waals surface area contributed by atoms with Crippen molar-refractivity contribution in [1.29, 1.82) is 5.26 Å². The van der Waals surface area contributed by atoms with Crippen molar-refractivity contribution < 1.29 is 9.53 Å². The smallest absolute Gasteiger partial charge is 0.254 e. The SMILES string of the molecule is COc1cc(C)c(C=NNC(=O)CC#N)cc1C(C)C. The van der Waals surface area contributed by atoms with Crippen LogP contribution >= 0.6 is 0 Å². The lowest BCUT2D eigenvalue weighted by molar-refractivity contribution is -0.120. The Morgan fingerprint density at radius 1 is 1.55 bits per heavy atom. The molecule has 1 amide bonds. The molecule has 5 heteroatoms. The number of nitriles is 1. The standard InChI is InChI=1S/C15H19N3O2/c1-10(2)13-8-12(11(3)7-14(13)20-4)9-17-18-15(19)5-6-16/h7-10H,5H2,1-4H3,(H,18,19). The Bertz CT molecular complexity index is 557. The Morgan fingerprint density at radius 2 is 2.25 bits per heavy atom. The summed E-state index contributed by atoms with van der Waals surface area (Å²) in [5.41, 5.74) is 5.31. The highest BCUT2D eigenvalue weighted by Crippen LogP contribution is 2.28. The summed E-state index contributed by atoms with van der Waals surface area (Å²) in [6.07, 6.45) is 1.38. The molecule has 0 radical (unpaired) electrons. The van der Waals surface area contributed by atoms with E-state index >= 15 is 0 Å². The first kappa shape index (κ1) is 15.7. The number of carbonyl (C=O) groups is 1. The van der Waals surface area contributed by atoms with E-state index in [1.54, 1.807) is 19.4 Å². The molecule has 0 atom stereocenters. The van der Waals surface area contributed by atoms with Crippen LogP contribution in [-0.4, -0.2) is 19.2 Å². The highest BCUT2D eigenvalue weighted by Gasteiger charge is 2.10. The number of ether oxygens (including phenoxy) is 1. The Morgan fingerprint density at radius 3 is 2.80 bits per heavy atom. The fourth-order valence-electron chi connectivity index (χ4n) is 1.77. The van der Waals surface area contributed by atoms with Gasteiger partial charge in [-0.25, -0.2) is 5.43 Å². The minimum absolute atomic E-state index is 0.198. The van der Waals surface area contributed by atoms with Gasteiger partial charge in [0.2, 0.25) is 0 Å². The van der Waals surface area contributed by atoms with Crippen molar-refractivity contribution in [3.63, 3.8) is 0 Å². The summed E-state index contributed by atoms with van der Waals surface area (Å²) in [4.78, 5) is 11.1. The van der Waals surface area contributed by atoms with Crippen molar-refractivity contribution in [2.45, 2.75) is 33.1 Å². The number of nitrogens with zero attached hydrogens (tertiary/aromatic N) is 2. The molecular weight excluding hydrogens is 254 g/mol. The van der Waals surface area contributed by atoms with E-state index in [2.05, 4.69) is 24.4 Å². The summed E-state index contributed by atoms with van der Waals surface area (Å²) in [7, 11) is 1.65. The maximum Gasteiger partial charge on any atom is 0.254 e. The van der Waals surface area contributed by atoms with Crippen LogP contribution in [0.3, 0.4) is 0 Å². The van der Waals surface area contributed by atoms with Crippen LogP contribution in [0.25, 0.3) is 0 Å². The molecule has 0 aromatic heterocycles. The zero-order chi connectivity index (χ0) is 15.1. The van der Waals surface area contributed by atoms with Gasteiger partial charge in [-0.1, -0.05) is 13.8 Å². The van der Waals surface area contributed by atoms with E-state index in [1.807, 2.05) is 19.1 Å². The average molecular weight is 273 g/mol. The summed E-state index contributed by atoms with van der Waals surface area (Å²) >= 11 is 0. The number of methoxy groups -OCH3 is 1. The lowest BCUT2D eigenvalue weighted by Gasteiger charge is -2.14. The van der Waals surface area contributed by atoms with Gasteiger partial charge in [-0.15, -0.1) is 0 Å². The number of hydrogen-bond donors (Lipinski definition) is 1. The first-order valence-corrected chi connectivity index (χ1v) is 6.37. The zero-order valence-corrected chi connectivity index (χ0v) is 12.2. The summed E-state index contributed by atoms with van der Waals surface area (Å²) in [6.45, 7) is 6.12. The quantitative estimate of drug-likeness (QED) is 0.661. The highest BCUT2D eigenvalue weighted by molar-refractivity contribution is 5.85. The van der Waals surface area contributed by atoms with Gasteiger partial charge in [-0.3, -0.25) is 4.79 Å². The number of hydrogen-bond acceptors (Lipinski definition) is 4. The van der Waals surface area contributed by atoms with E-state index in [1.165, 1.54) is 0 Å². The zero-order valence-electron chi connectivity index (χ0n) is 12.2. The molecule has 1 rings (SSSR count). The fourth-order valence-corrected chi connectivity index (χ4v) is 1.77. The van der Waals surface area contributed by atoms with Crippen LogP contribution in [-0.2, 0) is 4.79 Å². The van der Waals surface area contributed by atoms with Crippen molar-refractivity contribution in [1.82, 2.24) is 5.43 Å². The van der Waals surface area contributed by atoms with Gasteiger partial charge in [-0.05, 0) is 41.7 Å². The van der Waals surface area contributed by atoms with Gasteiger partial charge < -0.3 is 4.74 Å². The second kappa shape index (κ2) is 7.29. The molecule has 0 unspecified atom stereocenters. The molecule has 0 aliphatic heterocycles. The van der Waals surface area contributed by atoms with Gasteiger partial charge in [0.05, 0.1) is 19.4 Å². The van der Waals surface area contributed by atoms with Crippen LogP contribution in [0, 0.1) is 18.3 Å². The second-order valence-corrected chi connectivity index (χ2v) is 4.73. The summed E-state index contributed by atoms with van der Waals surface area (Å²) in [5.74, 6) is 0.757. The summed E-state index contributed by atoms with van der Waals surface area (Å²) < 4.78 is 5.37. The number of nitrogens with one attached hydrogen (secondary N) is 1.